The van der Waals surface area contributed by atoms with Crippen LogP contribution in [0.4, 0.5) is 0 Å². The monoisotopic (exact) mass is 246 g/mol. The maximum atomic E-state index is 11.6. The van der Waals surface area contributed by atoms with Crippen LogP contribution in [0.25, 0.3) is 0 Å². The Hall–Kier alpha value is -0.280. The summed E-state index contributed by atoms with van der Waals surface area (Å²) in [5.74, 6) is 1.60. The van der Waals surface area contributed by atoms with Crippen LogP contribution in [-0.4, -0.2) is 25.5 Å². The van der Waals surface area contributed by atoms with E-state index in [2.05, 4.69) is 10.6 Å². The number of hydrogen-bond acceptors (Lipinski definition) is 2. The second-order valence-electron chi connectivity index (χ2n) is 5.02. The lowest BCUT2D eigenvalue weighted by atomic mass is 10.0. The first kappa shape index (κ1) is 13.8. The number of nitrogens with one attached hydrogen (secondary N) is 2. The minimum Gasteiger partial charge on any atom is -0.356 e. The molecule has 0 aromatic rings. The van der Waals surface area contributed by atoms with Gasteiger partial charge in [0.2, 0.25) is 5.91 Å². The van der Waals surface area contributed by atoms with Gasteiger partial charge in [-0.25, -0.2) is 0 Å². The van der Waals surface area contributed by atoms with Gasteiger partial charge in [-0.1, -0.05) is 12.8 Å². The maximum Gasteiger partial charge on any atom is 0.220 e. The summed E-state index contributed by atoms with van der Waals surface area (Å²) >= 11 is 0. The Labute approximate surface area is 104 Å². The first-order valence-electron chi connectivity index (χ1n) is 6.32. The van der Waals surface area contributed by atoms with Crippen molar-refractivity contribution in [3.05, 3.63) is 0 Å². The van der Waals surface area contributed by atoms with Gasteiger partial charge in [0.25, 0.3) is 0 Å². The molecule has 2 fully saturated rings. The van der Waals surface area contributed by atoms with Crippen molar-refractivity contribution >= 4 is 18.3 Å². The highest BCUT2D eigenvalue weighted by molar-refractivity contribution is 5.85. The zero-order valence-electron chi connectivity index (χ0n) is 9.84. The third-order valence-electron chi connectivity index (χ3n) is 3.70. The van der Waals surface area contributed by atoms with Crippen LogP contribution in [0, 0.1) is 11.8 Å². The minimum atomic E-state index is 0. The molecule has 0 bridgehead atoms. The zero-order valence-corrected chi connectivity index (χ0v) is 10.7. The van der Waals surface area contributed by atoms with E-state index in [9.17, 15) is 4.79 Å². The minimum absolute atomic E-state index is 0. The van der Waals surface area contributed by atoms with Crippen LogP contribution in [0.1, 0.15) is 38.5 Å². The van der Waals surface area contributed by atoms with E-state index in [0.717, 1.165) is 38.4 Å². The van der Waals surface area contributed by atoms with Crippen molar-refractivity contribution in [3.8, 4) is 0 Å². The lowest BCUT2D eigenvalue weighted by molar-refractivity contribution is -0.122. The highest BCUT2D eigenvalue weighted by atomic mass is 35.5. The van der Waals surface area contributed by atoms with Gasteiger partial charge in [0, 0.05) is 13.0 Å². The fraction of sp³-hybridized carbons (Fsp3) is 0.917. The summed E-state index contributed by atoms with van der Waals surface area (Å²) in [5.41, 5.74) is 0. The number of carbonyl (C=O) groups is 1. The van der Waals surface area contributed by atoms with Gasteiger partial charge in [-0.2, -0.15) is 0 Å². The summed E-state index contributed by atoms with van der Waals surface area (Å²) < 4.78 is 0. The van der Waals surface area contributed by atoms with E-state index in [0.29, 0.717) is 5.92 Å². The third kappa shape index (κ3) is 4.30. The van der Waals surface area contributed by atoms with E-state index in [-0.39, 0.29) is 18.3 Å². The molecule has 0 spiro atoms. The van der Waals surface area contributed by atoms with Crippen LogP contribution in [0.2, 0.25) is 0 Å². The molecule has 1 saturated heterocycles. The quantitative estimate of drug-likeness (QED) is 0.793. The molecule has 0 aromatic heterocycles. The van der Waals surface area contributed by atoms with E-state index in [1.807, 2.05) is 0 Å². The highest BCUT2D eigenvalue weighted by Gasteiger charge is 2.19. The van der Waals surface area contributed by atoms with Gasteiger partial charge in [0.05, 0.1) is 0 Å². The van der Waals surface area contributed by atoms with Gasteiger partial charge in [-0.05, 0) is 44.2 Å². The molecular weight excluding hydrogens is 224 g/mol. The summed E-state index contributed by atoms with van der Waals surface area (Å²) in [5, 5.41) is 6.38. The van der Waals surface area contributed by atoms with Gasteiger partial charge in [-0.15, -0.1) is 12.4 Å². The molecule has 1 atom stereocenters. The van der Waals surface area contributed by atoms with Crippen molar-refractivity contribution in [2.75, 3.05) is 19.6 Å². The van der Waals surface area contributed by atoms with E-state index in [1.165, 1.54) is 25.7 Å². The summed E-state index contributed by atoms with van der Waals surface area (Å²) in [6, 6.07) is 0. The Kier molecular flexibility index (Phi) is 6.14. The van der Waals surface area contributed by atoms with Crippen molar-refractivity contribution < 1.29 is 4.79 Å². The van der Waals surface area contributed by atoms with Crippen molar-refractivity contribution in [1.82, 2.24) is 10.6 Å². The molecule has 2 rings (SSSR count). The summed E-state index contributed by atoms with van der Waals surface area (Å²) in [4.78, 5) is 11.6. The average Bonchev–Trinajstić information content (AvgIpc) is 2.86. The normalized spacial score (nSPS) is 25.4. The molecule has 1 aliphatic heterocycles. The van der Waals surface area contributed by atoms with Gasteiger partial charge < -0.3 is 10.6 Å². The Balaban J connectivity index is 0.00000128. The fourth-order valence-electron chi connectivity index (χ4n) is 2.70. The Morgan fingerprint density at radius 3 is 2.56 bits per heavy atom. The molecule has 0 aromatic carbocycles. The smallest absolute Gasteiger partial charge is 0.220 e. The van der Waals surface area contributed by atoms with E-state index in [1.54, 1.807) is 0 Å². The summed E-state index contributed by atoms with van der Waals surface area (Å²) in [6.45, 7) is 3.02. The molecule has 4 heteroatoms. The van der Waals surface area contributed by atoms with Crippen LogP contribution in [0.3, 0.4) is 0 Å². The summed E-state index contributed by atoms with van der Waals surface area (Å²) in [6.07, 6.45) is 7.22. The van der Waals surface area contributed by atoms with Crippen molar-refractivity contribution in [3.63, 3.8) is 0 Å². The molecule has 1 amide bonds. The van der Waals surface area contributed by atoms with Gasteiger partial charge in [0.1, 0.15) is 0 Å². The van der Waals surface area contributed by atoms with Crippen LogP contribution >= 0.6 is 12.4 Å². The van der Waals surface area contributed by atoms with Gasteiger partial charge in [0.15, 0.2) is 0 Å². The third-order valence-corrected chi connectivity index (χ3v) is 3.70. The molecule has 0 radical (unpaired) electrons. The Morgan fingerprint density at radius 2 is 1.94 bits per heavy atom. The second-order valence-corrected chi connectivity index (χ2v) is 5.02. The molecule has 94 valence electrons. The number of hydrogen-bond donors (Lipinski definition) is 2. The molecular formula is C12H23ClN2O. The number of rotatable bonds is 4. The largest absolute Gasteiger partial charge is 0.356 e. The fourth-order valence-corrected chi connectivity index (χ4v) is 2.70. The first-order valence-corrected chi connectivity index (χ1v) is 6.32. The number of halogens is 1. The Bertz CT molecular complexity index is 211. The van der Waals surface area contributed by atoms with Crippen molar-refractivity contribution in [1.29, 1.82) is 0 Å². The van der Waals surface area contributed by atoms with Crippen molar-refractivity contribution in [2.45, 2.75) is 38.5 Å². The predicted molar refractivity (Wildman–Crippen MR) is 67.8 cm³/mol. The van der Waals surface area contributed by atoms with Crippen LogP contribution < -0.4 is 10.6 Å². The van der Waals surface area contributed by atoms with Gasteiger partial charge >= 0.3 is 0 Å². The lowest BCUT2D eigenvalue weighted by Crippen LogP contribution is -2.30. The standard InChI is InChI=1S/C12H22N2O.ClH/c15-12(7-11-5-6-13-8-11)14-9-10-3-1-2-4-10;/h10-11,13H,1-9H2,(H,14,15);1H. The lowest BCUT2D eigenvalue weighted by Gasteiger charge is -2.12. The number of amides is 1. The maximum absolute atomic E-state index is 11.6. The van der Waals surface area contributed by atoms with Crippen LogP contribution in [0.15, 0.2) is 0 Å². The summed E-state index contributed by atoms with van der Waals surface area (Å²) in [7, 11) is 0. The highest BCUT2D eigenvalue weighted by Crippen LogP contribution is 2.23. The topological polar surface area (TPSA) is 41.1 Å². The molecule has 1 aliphatic carbocycles. The molecule has 1 heterocycles. The molecule has 1 saturated carbocycles. The SMILES string of the molecule is Cl.O=C(CC1CCNC1)NCC1CCCC1. The van der Waals surface area contributed by atoms with E-state index >= 15 is 0 Å². The Morgan fingerprint density at radius 1 is 1.19 bits per heavy atom. The predicted octanol–water partition coefficient (Wildman–Crippen LogP) is 1.71. The second kappa shape index (κ2) is 7.13. The molecule has 2 aliphatic rings. The molecule has 1 unspecified atom stereocenters. The van der Waals surface area contributed by atoms with Gasteiger partial charge in [-0.3, -0.25) is 4.79 Å². The molecule has 3 nitrogen and oxygen atoms in total. The average molecular weight is 247 g/mol. The van der Waals surface area contributed by atoms with E-state index in [4.69, 9.17) is 0 Å². The molecule has 2 N–H and O–H groups in total. The molecule has 16 heavy (non-hydrogen) atoms. The van der Waals surface area contributed by atoms with Crippen LogP contribution in [0.5, 0.6) is 0 Å². The van der Waals surface area contributed by atoms with Crippen LogP contribution in [-0.2, 0) is 4.79 Å². The first-order chi connectivity index (χ1) is 7.34. The zero-order chi connectivity index (χ0) is 10.5. The van der Waals surface area contributed by atoms with E-state index < -0.39 is 0 Å². The number of carbonyl (C=O) groups excluding carboxylic acids is 1. The van der Waals surface area contributed by atoms with Crippen molar-refractivity contribution in [2.24, 2.45) is 11.8 Å².